The molecular formula is C19H17FN2O2S. The molecule has 0 spiro atoms. The molecule has 0 aliphatic carbocycles. The third-order valence-electron chi connectivity index (χ3n) is 3.59. The van der Waals surface area contributed by atoms with Gasteiger partial charge in [0.05, 0.1) is 5.69 Å². The van der Waals surface area contributed by atoms with Crippen molar-refractivity contribution in [1.82, 2.24) is 4.98 Å². The molecular weight excluding hydrogens is 339 g/mol. The minimum absolute atomic E-state index is 0.163. The monoisotopic (exact) mass is 356 g/mol. The van der Waals surface area contributed by atoms with Crippen LogP contribution < -0.4 is 10.1 Å². The molecule has 0 bridgehead atoms. The Kier molecular flexibility index (Phi) is 5.09. The molecule has 1 N–H and O–H groups in total. The SMILES string of the molecule is Cc1ccc(-c2csc(NC(=O)COc3ccc(F)cc3)n2)c(C)c1. The molecule has 25 heavy (non-hydrogen) atoms. The highest BCUT2D eigenvalue weighted by atomic mass is 32.1. The number of amides is 1. The van der Waals surface area contributed by atoms with E-state index < -0.39 is 0 Å². The van der Waals surface area contributed by atoms with Crippen LogP contribution in [0.3, 0.4) is 0 Å². The average Bonchev–Trinajstić information content (AvgIpc) is 3.02. The number of benzene rings is 2. The molecule has 0 unspecified atom stereocenters. The van der Waals surface area contributed by atoms with Crippen LogP contribution in [0.1, 0.15) is 11.1 Å². The van der Waals surface area contributed by atoms with Gasteiger partial charge < -0.3 is 4.74 Å². The Morgan fingerprint density at radius 3 is 2.68 bits per heavy atom. The Hall–Kier alpha value is -2.73. The number of thiazole rings is 1. The van der Waals surface area contributed by atoms with Crippen molar-refractivity contribution in [2.24, 2.45) is 0 Å². The molecule has 1 amide bonds. The molecule has 0 fully saturated rings. The standard InChI is InChI=1S/C19H17FN2O2S/c1-12-3-8-16(13(2)9-12)17-11-25-19(21-17)22-18(23)10-24-15-6-4-14(20)5-7-15/h3-9,11H,10H2,1-2H3,(H,21,22,23). The van der Waals surface area contributed by atoms with Crippen molar-refractivity contribution in [2.45, 2.75) is 13.8 Å². The zero-order valence-corrected chi connectivity index (χ0v) is 14.7. The lowest BCUT2D eigenvalue weighted by molar-refractivity contribution is -0.118. The molecule has 0 radical (unpaired) electrons. The van der Waals surface area contributed by atoms with E-state index in [4.69, 9.17) is 4.74 Å². The molecule has 0 atom stereocenters. The van der Waals surface area contributed by atoms with Gasteiger partial charge in [0, 0.05) is 10.9 Å². The Morgan fingerprint density at radius 2 is 1.96 bits per heavy atom. The number of hydrogen-bond acceptors (Lipinski definition) is 4. The van der Waals surface area contributed by atoms with Gasteiger partial charge in [-0.1, -0.05) is 23.8 Å². The topological polar surface area (TPSA) is 51.2 Å². The number of ether oxygens (including phenoxy) is 1. The first-order chi connectivity index (χ1) is 12.0. The summed E-state index contributed by atoms with van der Waals surface area (Å²) < 4.78 is 18.1. The molecule has 0 aliphatic heterocycles. The van der Waals surface area contributed by atoms with Crippen molar-refractivity contribution in [3.8, 4) is 17.0 Å². The Balaban J connectivity index is 1.60. The van der Waals surface area contributed by atoms with E-state index >= 15 is 0 Å². The lowest BCUT2D eigenvalue weighted by atomic mass is 10.0. The van der Waals surface area contributed by atoms with Crippen molar-refractivity contribution in [3.05, 3.63) is 64.8 Å². The highest BCUT2D eigenvalue weighted by Crippen LogP contribution is 2.28. The summed E-state index contributed by atoms with van der Waals surface area (Å²) in [4.78, 5) is 16.4. The summed E-state index contributed by atoms with van der Waals surface area (Å²) in [7, 11) is 0. The number of aryl methyl sites for hydroxylation is 2. The number of hydrogen-bond donors (Lipinski definition) is 1. The predicted octanol–water partition coefficient (Wildman–Crippen LogP) is 4.58. The van der Waals surface area contributed by atoms with Crippen molar-refractivity contribution in [2.75, 3.05) is 11.9 Å². The molecule has 1 aromatic heterocycles. The molecule has 2 aromatic carbocycles. The van der Waals surface area contributed by atoms with E-state index in [1.54, 1.807) is 0 Å². The highest BCUT2D eigenvalue weighted by molar-refractivity contribution is 7.14. The molecule has 3 rings (SSSR count). The second-order valence-electron chi connectivity index (χ2n) is 5.65. The van der Waals surface area contributed by atoms with E-state index in [0.29, 0.717) is 10.9 Å². The molecule has 3 aromatic rings. The molecule has 0 saturated heterocycles. The Bertz CT molecular complexity index is 891. The van der Waals surface area contributed by atoms with Crippen molar-refractivity contribution in [3.63, 3.8) is 0 Å². The molecule has 6 heteroatoms. The Labute approximate surface area is 149 Å². The smallest absolute Gasteiger partial charge is 0.264 e. The molecule has 0 aliphatic rings. The van der Waals surface area contributed by atoms with E-state index in [-0.39, 0.29) is 18.3 Å². The van der Waals surface area contributed by atoms with E-state index in [9.17, 15) is 9.18 Å². The van der Waals surface area contributed by atoms with Crippen LogP contribution >= 0.6 is 11.3 Å². The third kappa shape index (κ3) is 4.42. The number of halogens is 1. The normalized spacial score (nSPS) is 10.5. The van der Waals surface area contributed by atoms with Gasteiger partial charge in [0.25, 0.3) is 5.91 Å². The maximum atomic E-state index is 12.8. The van der Waals surface area contributed by atoms with Crippen LogP contribution in [0.15, 0.2) is 47.8 Å². The van der Waals surface area contributed by atoms with E-state index in [1.165, 1.54) is 41.2 Å². The summed E-state index contributed by atoms with van der Waals surface area (Å²) in [6, 6.07) is 11.7. The second kappa shape index (κ2) is 7.44. The minimum atomic E-state index is -0.349. The van der Waals surface area contributed by atoms with Crippen LogP contribution in [0.2, 0.25) is 0 Å². The van der Waals surface area contributed by atoms with Crippen molar-refractivity contribution < 1.29 is 13.9 Å². The molecule has 1 heterocycles. The number of nitrogens with one attached hydrogen (secondary N) is 1. The fourth-order valence-electron chi connectivity index (χ4n) is 2.39. The van der Waals surface area contributed by atoms with E-state index in [2.05, 4.69) is 16.4 Å². The average molecular weight is 356 g/mol. The highest BCUT2D eigenvalue weighted by Gasteiger charge is 2.10. The van der Waals surface area contributed by atoms with Crippen molar-refractivity contribution >= 4 is 22.4 Å². The van der Waals surface area contributed by atoms with Crippen LogP contribution in [-0.4, -0.2) is 17.5 Å². The largest absolute Gasteiger partial charge is 0.484 e. The van der Waals surface area contributed by atoms with Gasteiger partial charge in [-0.05, 0) is 43.7 Å². The van der Waals surface area contributed by atoms with E-state index in [1.807, 2.05) is 31.4 Å². The van der Waals surface area contributed by atoms with Crippen LogP contribution in [0.4, 0.5) is 9.52 Å². The summed E-state index contributed by atoms with van der Waals surface area (Å²) in [6.45, 7) is 3.92. The van der Waals surface area contributed by atoms with Gasteiger partial charge in [0.2, 0.25) is 0 Å². The number of anilines is 1. The van der Waals surface area contributed by atoms with Gasteiger partial charge >= 0.3 is 0 Å². The zero-order valence-electron chi connectivity index (χ0n) is 13.9. The fraction of sp³-hybridized carbons (Fsp3) is 0.158. The van der Waals surface area contributed by atoms with Crippen LogP contribution in [0.25, 0.3) is 11.3 Å². The van der Waals surface area contributed by atoms with Gasteiger partial charge in [0.15, 0.2) is 11.7 Å². The first kappa shape index (κ1) is 17.1. The van der Waals surface area contributed by atoms with Gasteiger partial charge in [0.1, 0.15) is 11.6 Å². The summed E-state index contributed by atoms with van der Waals surface area (Å²) in [5.41, 5.74) is 4.22. The van der Waals surface area contributed by atoms with Crippen LogP contribution in [0, 0.1) is 19.7 Å². The number of nitrogens with zero attached hydrogens (tertiary/aromatic N) is 1. The third-order valence-corrected chi connectivity index (χ3v) is 4.35. The van der Waals surface area contributed by atoms with E-state index in [0.717, 1.165) is 16.8 Å². The van der Waals surface area contributed by atoms with Crippen molar-refractivity contribution in [1.29, 1.82) is 0 Å². The molecule has 4 nitrogen and oxygen atoms in total. The molecule has 0 saturated carbocycles. The van der Waals surface area contributed by atoms with Gasteiger partial charge in [-0.15, -0.1) is 11.3 Å². The minimum Gasteiger partial charge on any atom is -0.484 e. The quantitative estimate of drug-likeness (QED) is 0.728. The van der Waals surface area contributed by atoms with Gasteiger partial charge in [-0.2, -0.15) is 0 Å². The molecule has 128 valence electrons. The maximum Gasteiger partial charge on any atom is 0.264 e. The first-order valence-corrected chi connectivity index (χ1v) is 8.60. The number of carbonyl (C=O) groups excluding carboxylic acids is 1. The number of rotatable bonds is 5. The predicted molar refractivity (Wildman–Crippen MR) is 97.5 cm³/mol. The van der Waals surface area contributed by atoms with Gasteiger partial charge in [-0.3, -0.25) is 10.1 Å². The lowest BCUT2D eigenvalue weighted by Crippen LogP contribution is -2.20. The second-order valence-corrected chi connectivity index (χ2v) is 6.51. The Morgan fingerprint density at radius 1 is 1.20 bits per heavy atom. The zero-order chi connectivity index (χ0) is 17.8. The number of carbonyl (C=O) groups is 1. The summed E-state index contributed by atoms with van der Waals surface area (Å²) in [6.07, 6.45) is 0. The lowest BCUT2D eigenvalue weighted by Gasteiger charge is -2.06. The number of aromatic nitrogens is 1. The summed E-state index contributed by atoms with van der Waals surface area (Å²) in [5, 5.41) is 5.14. The van der Waals surface area contributed by atoms with Crippen LogP contribution in [-0.2, 0) is 4.79 Å². The summed E-state index contributed by atoms with van der Waals surface area (Å²) in [5.74, 6) is -0.226. The van der Waals surface area contributed by atoms with Gasteiger partial charge in [-0.25, -0.2) is 9.37 Å². The van der Waals surface area contributed by atoms with Crippen LogP contribution in [0.5, 0.6) is 5.75 Å². The fourth-order valence-corrected chi connectivity index (χ4v) is 3.12. The summed E-state index contributed by atoms with van der Waals surface area (Å²) >= 11 is 1.36. The first-order valence-electron chi connectivity index (χ1n) is 7.72. The maximum absolute atomic E-state index is 12.8.